The molecule has 4 rings (SSSR count). The summed E-state index contributed by atoms with van der Waals surface area (Å²) in [6.07, 6.45) is 1.06. The molecule has 1 unspecified atom stereocenters. The topological polar surface area (TPSA) is 68.2 Å². The van der Waals surface area contributed by atoms with Crippen molar-refractivity contribution in [1.82, 2.24) is 15.1 Å². The number of hydrogen-bond donors (Lipinski definition) is 2. The van der Waals surface area contributed by atoms with Gasteiger partial charge in [0.1, 0.15) is 11.9 Å². The lowest BCUT2D eigenvalue weighted by atomic mass is 10.1. The number of rotatable bonds is 4. The van der Waals surface area contributed by atoms with Gasteiger partial charge in [-0.1, -0.05) is 18.2 Å². The molecule has 0 bridgehead atoms. The van der Waals surface area contributed by atoms with Gasteiger partial charge in [-0.15, -0.1) is 0 Å². The normalized spacial score (nSPS) is 15.5. The second-order valence-corrected chi connectivity index (χ2v) is 6.54. The minimum atomic E-state index is -0.243. The summed E-state index contributed by atoms with van der Waals surface area (Å²) in [4.78, 5) is 12.3. The third-order valence-corrected chi connectivity index (χ3v) is 4.60. The number of para-hydroxylation sites is 1. The minimum absolute atomic E-state index is 0.191. The molecule has 0 radical (unpaired) electrons. The second-order valence-electron chi connectivity index (χ2n) is 6.54. The van der Waals surface area contributed by atoms with Crippen molar-refractivity contribution in [2.24, 2.45) is 0 Å². The van der Waals surface area contributed by atoms with Gasteiger partial charge in [0.2, 0.25) is 0 Å². The van der Waals surface area contributed by atoms with Gasteiger partial charge in [0, 0.05) is 24.0 Å². The van der Waals surface area contributed by atoms with E-state index in [9.17, 15) is 4.79 Å². The fraction of sp³-hybridized carbons (Fsp3) is 0.300. The van der Waals surface area contributed by atoms with Crippen LogP contribution in [-0.2, 0) is 19.5 Å². The van der Waals surface area contributed by atoms with Gasteiger partial charge in [-0.25, -0.2) is 4.79 Å². The quantitative estimate of drug-likeness (QED) is 0.754. The first-order chi connectivity index (χ1) is 12.6. The highest BCUT2D eigenvalue weighted by Gasteiger charge is 2.19. The lowest BCUT2D eigenvalue weighted by Gasteiger charge is -2.08. The number of carbonyl (C=O) groups is 1. The van der Waals surface area contributed by atoms with Crippen LogP contribution in [-0.4, -0.2) is 21.9 Å². The van der Waals surface area contributed by atoms with Crippen LogP contribution < -0.4 is 15.4 Å². The van der Waals surface area contributed by atoms with Crippen LogP contribution in [0.4, 0.5) is 10.5 Å². The van der Waals surface area contributed by atoms with Crippen LogP contribution in [0.2, 0.25) is 0 Å². The van der Waals surface area contributed by atoms with Crippen molar-refractivity contribution in [2.75, 3.05) is 5.32 Å². The van der Waals surface area contributed by atoms with E-state index in [1.54, 1.807) is 0 Å². The summed E-state index contributed by atoms with van der Waals surface area (Å²) < 4.78 is 7.64. The van der Waals surface area contributed by atoms with E-state index in [0.29, 0.717) is 6.54 Å². The van der Waals surface area contributed by atoms with Gasteiger partial charge in [0.15, 0.2) is 0 Å². The van der Waals surface area contributed by atoms with Crippen molar-refractivity contribution < 1.29 is 9.53 Å². The van der Waals surface area contributed by atoms with Gasteiger partial charge >= 0.3 is 6.03 Å². The molecule has 0 fully saturated rings. The molecule has 2 amide bonds. The summed E-state index contributed by atoms with van der Waals surface area (Å²) in [6.45, 7) is 5.27. The highest BCUT2D eigenvalue weighted by atomic mass is 16.5. The minimum Gasteiger partial charge on any atom is -0.490 e. The third-order valence-electron chi connectivity index (χ3n) is 4.60. The molecular weight excluding hydrogens is 328 g/mol. The number of urea groups is 1. The molecule has 3 aromatic rings. The van der Waals surface area contributed by atoms with Crippen molar-refractivity contribution in [3.05, 3.63) is 53.7 Å². The Bertz CT molecular complexity index is 964. The molecule has 2 heterocycles. The van der Waals surface area contributed by atoms with Gasteiger partial charge in [0.25, 0.3) is 0 Å². The van der Waals surface area contributed by atoms with Crippen LogP contribution in [0.5, 0.6) is 5.75 Å². The number of anilines is 1. The zero-order valence-electron chi connectivity index (χ0n) is 15.0. The Labute approximate surface area is 152 Å². The zero-order chi connectivity index (χ0) is 18.1. The van der Waals surface area contributed by atoms with Crippen LogP contribution in [0.25, 0.3) is 10.9 Å². The number of nitrogens with zero attached hydrogens (tertiary/aromatic N) is 2. The predicted molar refractivity (Wildman–Crippen MR) is 102 cm³/mol. The Morgan fingerprint density at radius 2 is 2.15 bits per heavy atom. The van der Waals surface area contributed by atoms with E-state index in [0.717, 1.165) is 46.6 Å². The highest BCUT2D eigenvalue weighted by molar-refractivity contribution is 5.90. The molecule has 1 aromatic heterocycles. The van der Waals surface area contributed by atoms with E-state index in [2.05, 4.69) is 22.7 Å². The zero-order valence-corrected chi connectivity index (χ0v) is 15.0. The molecule has 6 heteroatoms. The van der Waals surface area contributed by atoms with E-state index in [1.807, 2.05) is 54.1 Å². The predicted octanol–water partition coefficient (Wildman–Crippen LogP) is 3.70. The summed E-state index contributed by atoms with van der Waals surface area (Å²) >= 11 is 0. The smallest absolute Gasteiger partial charge is 0.319 e. The first kappa shape index (κ1) is 16.4. The maximum absolute atomic E-state index is 12.3. The molecule has 1 aliphatic heterocycles. The molecule has 2 N–H and O–H groups in total. The highest BCUT2D eigenvalue weighted by Crippen LogP contribution is 2.30. The molecule has 1 atom stereocenters. The molecule has 0 saturated heterocycles. The lowest BCUT2D eigenvalue weighted by Crippen LogP contribution is -2.28. The molecular formula is C20H22N4O2. The number of fused-ring (bicyclic) bond motifs is 2. The van der Waals surface area contributed by atoms with Gasteiger partial charge in [0.05, 0.1) is 17.8 Å². The largest absolute Gasteiger partial charge is 0.490 e. The number of carbonyl (C=O) groups excluding carboxylic acids is 1. The molecule has 134 valence electrons. The van der Waals surface area contributed by atoms with E-state index < -0.39 is 0 Å². The molecule has 26 heavy (non-hydrogen) atoms. The van der Waals surface area contributed by atoms with E-state index >= 15 is 0 Å². The van der Waals surface area contributed by atoms with Crippen molar-refractivity contribution >= 4 is 22.6 Å². The average Bonchev–Trinajstić information content (AvgIpc) is 3.19. The molecule has 0 spiro atoms. The van der Waals surface area contributed by atoms with Crippen LogP contribution >= 0.6 is 0 Å². The molecule has 0 saturated carbocycles. The van der Waals surface area contributed by atoms with Crippen molar-refractivity contribution in [1.29, 1.82) is 0 Å². The summed E-state index contributed by atoms with van der Waals surface area (Å²) in [7, 11) is 0. The third kappa shape index (κ3) is 3.10. The maximum Gasteiger partial charge on any atom is 0.319 e. The Balaban J connectivity index is 1.43. The number of nitrogens with one attached hydrogen (secondary N) is 2. The first-order valence-electron chi connectivity index (χ1n) is 8.93. The van der Waals surface area contributed by atoms with Gasteiger partial charge in [-0.2, -0.15) is 5.10 Å². The Morgan fingerprint density at radius 1 is 1.31 bits per heavy atom. The van der Waals surface area contributed by atoms with Gasteiger partial charge < -0.3 is 15.4 Å². The number of benzene rings is 2. The monoisotopic (exact) mass is 350 g/mol. The van der Waals surface area contributed by atoms with E-state index in [4.69, 9.17) is 4.74 Å². The number of aryl methyl sites for hydroxylation is 1. The number of ether oxygens (including phenoxy) is 1. The molecule has 1 aliphatic rings. The summed E-state index contributed by atoms with van der Waals surface area (Å²) in [5, 5.41) is 11.4. The van der Waals surface area contributed by atoms with Crippen molar-refractivity contribution in [3.63, 3.8) is 0 Å². The summed E-state index contributed by atoms with van der Waals surface area (Å²) in [5.41, 5.74) is 3.85. The van der Waals surface area contributed by atoms with E-state index in [-0.39, 0.29) is 12.1 Å². The number of aromatic nitrogens is 2. The maximum atomic E-state index is 12.3. The summed E-state index contributed by atoms with van der Waals surface area (Å²) in [5.74, 6) is 0.903. The van der Waals surface area contributed by atoms with Crippen LogP contribution in [0.1, 0.15) is 25.1 Å². The number of amides is 2. The van der Waals surface area contributed by atoms with Crippen molar-refractivity contribution in [3.8, 4) is 5.75 Å². The Kier molecular flexibility index (Phi) is 4.24. The van der Waals surface area contributed by atoms with Crippen LogP contribution in [0.15, 0.2) is 42.5 Å². The van der Waals surface area contributed by atoms with E-state index in [1.165, 1.54) is 0 Å². The lowest BCUT2D eigenvalue weighted by molar-refractivity contribution is 0.251. The first-order valence-corrected chi connectivity index (χ1v) is 8.93. The van der Waals surface area contributed by atoms with Gasteiger partial charge in [-0.05, 0) is 43.7 Å². The number of hydrogen-bond acceptors (Lipinski definition) is 3. The molecule has 0 aliphatic carbocycles. The van der Waals surface area contributed by atoms with Crippen LogP contribution in [0, 0.1) is 0 Å². The fourth-order valence-corrected chi connectivity index (χ4v) is 3.41. The summed E-state index contributed by atoms with van der Waals surface area (Å²) in [6, 6.07) is 13.6. The van der Waals surface area contributed by atoms with Crippen LogP contribution in [0.3, 0.4) is 0 Å². The SMILES string of the molecule is CCn1nc(CNC(=O)Nc2ccc3c(c2)CC(C)O3)c2ccccc21. The Hall–Kier alpha value is -3.02. The Morgan fingerprint density at radius 3 is 3.00 bits per heavy atom. The molecule has 2 aromatic carbocycles. The average molecular weight is 350 g/mol. The van der Waals surface area contributed by atoms with Gasteiger partial charge in [-0.3, -0.25) is 4.68 Å². The van der Waals surface area contributed by atoms with Crippen molar-refractivity contribution in [2.45, 2.75) is 39.5 Å². The standard InChI is InChI=1S/C20H22N4O2/c1-3-24-18-7-5-4-6-16(18)17(23-24)12-21-20(25)22-15-8-9-19-14(11-15)10-13(2)26-19/h4-9,11,13H,3,10,12H2,1-2H3,(H2,21,22,25). The second kappa shape index (κ2) is 6.71. The fourth-order valence-electron chi connectivity index (χ4n) is 3.41. The molecule has 6 nitrogen and oxygen atoms in total.